The summed E-state index contributed by atoms with van der Waals surface area (Å²) in [7, 11) is 0. The van der Waals surface area contributed by atoms with Gasteiger partial charge in [0.05, 0.1) is 6.10 Å². The van der Waals surface area contributed by atoms with Gasteiger partial charge in [-0.05, 0) is 30.9 Å². The minimum absolute atomic E-state index is 0.124. The number of aromatic nitrogens is 1. The Morgan fingerprint density at radius 2 is 2.41 bits per heavy atom. The van der Waals surface area contributed by atoms with E-state index < -0.39 is 6.10 Å². The van der Waals surface area contributed by atoms with E-state index in [1.807, 2.05) is 30.0 Å². The van der Waals surface area contributed by atoms with Crippen LogP contribution in [0, 0.1) is 0 Å². The highest BCUT2D eigenvalue weighted by atomic mass is 16.3. The third-order valence-electron chi connectivity index (χ3n) is 3.08. The number of carbonyl (C=O) groups excluding carboxylic acids is 1. The second-order valence-electron chi connectivity index (χ2n) is 4.70. The van der Waals surface area contributed by atoms with E-state index in [9.17, 15) is 9.90 Å². The molecular formula is C13H20N2O2. The highest BCUT2D eigenvalue weighted by Gasteiger charge is 2.22. The van der Waals surface area contributed by atoms with Crippen molar-refractivity contribution in [3.05, 3.63) is 24.0 Å². The van der Waals surface area contributed by atoms with Crippen LogP contribution in [0.5, 0.6) is 0 Å². The number of nitrogens with one attached hydrogen (secondary N) is 1. The lowest BCUT2D eigenvalue weighted by atomic mass is 10.1. The van der Waals surface area contributed by atoms with Crippen LogP contribution in [-0.2, 0) is 11.3 Å². The number of aliphatic hydroxyl groups is 1. The Kier molecular flexibility index (Phi) is 3.84. The Labute approximate surface area is 102 Å². The zero-order valence-electron chi connectivity index (χ0n) is 10.2. The summed E-state index contributed by atoms with van der Waals surface area (Å²) in [5.41, 5.74) is 0.926. The summed E-state index contributed by atoms with van der Waals surface area (Å²) in [5.74, 6) is 0.124. The lowest BCUT2D eigenvalue weighted by Crippen LogP contribution is -2.26. The van der Waals surface area contributed by atoms with Gasteiger partial charge in [0.25, 0.3) is 0 Å². The van der Waals surface area contributed by atoms with Gasteiger partial charge >= 0.3 is 0 Å². The number of aryl methyl sites for hydroxylation is 1. The van der Waals surface area contributed by atoms with Gasteiger partial charge in [-0.1, -0.05) is 6.92 Å². The second kappa shape index (κ2) is 5.36. The first kappa shape index (κ1) is 12.2. The molecule has 1 aromatic heterocycles. The maximum absolute atomic E-state index is 11.5. The van der Waals surface area contributed by atoms with E-state index in [-0.39, 0.29) is 5.91 Å². The third kappa shape index (κ3) is 3.60. The van der Waals surface area contributed by atoms with E-state index in [1.165, 1.54) is 0 Å². The van der Waals surface area contributed by atoms with Crippen LogP contribution in [0.15, 0.2) is 18.5 Å². The molecular weight excluding hydrogens is 216 g/mol. The fourth-order valence-electron chi connectivity index (χ4n) is 1.79. The number of aliphatic hydroxyl groups excluding tert-OH is 1. The zero-order chi connectivity index (χ0) is 12.3. The van der Waals surface area contributed by atoms with Crippen molar-refractivity contribution in [2.75, 3.05) is 0 Å². The predicted octanol–water partition coefficient (Wildman–Crippen LogP) is 1.60. The third-order valence-corrected chi connectivity index (χ3v) is 3.08. The molecule has 1 heterocycles. The first-order valence-electron chi connectivity index (χ1n) is 6.32. The number of rotatable bonds is 6. The fraction of sp³-hybridized carbons (Fsp3) is 0.615. The van der Waals surface area contributed by atoms with Crippen LogP contribution in [0.2, 0.25) is 0 Å². The molecule has 1 aliphatic rings. The van der Waals surface area contributed by atoms with Crippen molar-refractivity contribution in [1.82, 2.24) is 9.88 Å². The average molecular weight is 236 g/mol. The van der Waals surface area contributed by atoms with Gasteiger partial charge in [-0.25, -0.2) is 0 Å². The molecule has 1 aliphatic carbocycles. The van der Waals surface area contributed by atoms with Crippen LogP contribution in [-0.4, -0.2) is 21.6 Å². The monoisotopic (exact) mass is 236 g/mol. The summed E-state index contributed by atoms with van der Waals surface area (Å²) >= 11 is 0. The van der Waals surface area contributed by atoms with Crippen LogP contribution in [0.3, 0.4) is 0 Å². The first-order chi connectivity index (χ1) is 8.19. The summed E-state index contributed by atoms with van der Waals surface area (Å²) in [6.45, 7) is 2.63. The van der Waals surface area contributed by atoms with Gasteiger partial charge in [0.15, 0.2) is 0 Å². The highest BCUT2D eigenvalue weighted by molar-refractivity contribution is 5.76. The first-order valence-corrected chi connectivity index (χ1v) is 6.32. The van der Waals surface area contributed by atoms with Crippen LogP contribution < -0.4 is 5.32 Å². The molecule has 17 heavy (non-hydrogen) atoms. The molecule has 4 nitrogen and oxygen atoms in total. The Hall–Kier alpha value is -1.29. The molecule has 94 valence electrons. The zero-order valence-corrected chi connectivity index (χ0v) is 10.2. The lowest BCUT2D eigenvalue weighted by molar-refractivity contribution is -0.121. The number of nitrogens with zero attached hydrogens (tertiary/aromatic N) is 1. The van der Waals surface area contributed by atoms with Crippen molar-refractivity contribution in [2.45, 2.75) is 51.3 Å². The van der Waals surface area contributed by atoms with Gasteiger partial charge in [0, 0.05) is 31.4 Å². The number of hydrogen-bond donors (Lipinski definition) is 2. The van der Waals surface area contributed by atoms with E-state index >= 15 is 0 Å². The van der Waals surface area contributed by atoms with Crippen molar-refractivity contribution in [2.24, 2.45) is 0 Å². The standard InChI is InChI=1S/C13H20N2O2/c1-2-12(16)10-5-7-15(9-10)8-6-13(17)14-11-3-4-11/h5,7,9,11-12,16H,2-4,6,8H2,1H3,(H,14,17). The van der Waals surface area contributed by atoms with Crippen molar-refractivity contribution >= 4 is 5.91 Å². The quantitative estimate of drug-likeness (QED) is 0.788. The number of carbonyl (C=O) groups is 1. The van der Waals surface area contributed by atoms with Crippen LogP contribution in [0.4, 0.5) is 0 Å². The van der Waals surface area contributed by atoms with Crippen molar-refractivity contribution in [3.8, 4) is 0 Å². The largest absolute Gasteiger partial charge is 0.388 e. The Balaban J connectivity index is 1.77. The molecule has 0 bridgehead atoms. The minimum Gasteiger partial charge on any atom is -0.388 e. The molecule has 0 saturated heterocycles. The number of amides is 1. The van der Waals surface area contributed by atoms with Crippen molar-refractivity contribution in [1.29, 1.82) is 0 Å². The summed E-state index contributed by atoms with van der Waals surface area (Å²) in [6, 6.07) is 2.34. The SMILES string of the molecule is CCC(O)c1ccn(CCC(=O)NC2CC2)c1. The highest BCUT2D eigenvalue weighted by Crippen LogP contribution is 2.19. The molecule has 1 aromatic rings. The molecule has 1 unspecified atom stereocenters. The summed E-state index contributed by atoms with van der Waals surface area (Å²) in [5, 5.41) is 12.6. The smallest absolute Gasteiger partial charge is 0.222 e. The van der Waals surface area contributed by atoms with Gasteiger partial charge in [0.1, 0.15) is 0 Å². The van der Waals surface area contributed by atoms with Crippen molar-refractivity contribution < 1.29 is 9.90 Å². The molecule has 1 saturated carbocycles. The van der Waals surface area contributed by atoms with Crippen LogP contribution >= 0.6 is 0 Å². The Morgan fingerprint density at radius 1 is 1.65 bits per heavy atom. The van der Waals surface area contributed by atoms with Crippen LogP contribution in [0.1, 0.15) is 44.3 Å². The fourth-order valence-corrected chi connectivity index (χ4v) is 1.79. The minimum atomic E-state index is -0.392. The Bertz CT molecular complexity index is 383. The van der Waals surface area contributed by atoms with Gasteiger partial charge in [-0.15, -0.1) is 0 Å². The van der Waals surface area contributed by atoms with E-state index in [4.69, 9.17) is 0 Å². The van der Waals surface area contributed by atoms with E-state index in [1.54, 1.807) is 0 Å². The molecule has 2 rings (SSSR count). The molecule has 1 atom stereocenters. The van der Waals surface area contributed by atoms with Gasteiger partial charge in [0.2, 0.25) is 5.91 Å². The Morgan fingerprint density at radius 3 is 3.06 bits per heavy atom. The topological polar surface area (TPSA) is 54.3 Å². The van der Waals surface area contributed by atoms with Gasteiger partial charge in [-0.2, -0.15) is 0 Å². The number of hydrogen-bond acceptors (Lipinski definition) is 2. The molecule has 0 spiro atoms. The van der Waals surface area contributed by atoms with Crippen LogP contribution in [0.25, 0.3) is 0 Å². The van der Waals surface area contributed by atoms with E-state index in [0.717, 1.165) is 18.4 Å². The average Bonchev–Trinajstić information content (AvgIpc) is 3.00. The molecule has 0 aliphatic heterocycles. The molecule has 2 N–H and O–H groups in total. The lowest BCUT2D eigenvalue weighted by Gasteiger charge is -2.05. The molecule has 0 radical (unpaired) electrons. The normalized spacial score (nSPS) is 16.8. The van der Waals surface area contributed by atoms with E-state index in [2.05, 4.69) is 5.32 Å². The summed E-state index contributed by atoms with van der Waals surface area (Å²) < 4.78 is 1.96. The van der Waals surface area contributed by atoms with Crippen molar-refractivity contribution in [3.63, 3.8) is 0 Å². The maximum Gasteiger partial charge on any atom is 0.222 e. The van der Waals surface area contributed by atoms with Gasteiger partial charge in [-0.3, -0.25) is 4.79 Å². The maximum atomic E-state index is 11.5. The molecule has 0 aromatic carbocycles. The van der Waals surface area contributed by atoms with Gasteiger partial charge < -0.3 is 15.0 Å². The predicted molar refractivity (Wildman–Crippen MR) is 65.5 cm³/mol. The molecule has 1 fully saturated rings. The molecule has 4 heteroatoms. The molecule has 1 amide bonds. The summed E-state index contributed by atoms with van der Waals surface area (Å²) in [4.78, 5) is 11.5. The summed E-state index contributed by atoms with van der Waals surface area (Å²) in [6.07, 6.45) is 6.91. The second-order valence-corrected chi connectivity index (χ2v) is 4.70. The van der Waals surface area contributed by atoms with E-state index in [0.29, 0.717) is 25.4 Å².